The van der Waals surface area contributed by atoms with Gasteiger partial charge in [0.1, 0.15) is 5.75 Å². The van der Waals surface area contributed by atoms with Gasteiger partial charge in [0.25, 0.3) is 11.8 Å². The van der Waals surface area contributed by atoms with Crippen LogP contribution < -0.4 is 26.6 Å². The van der Waals surface area contributed by atoms with E-state index in [0.717, 1.165) is 0 Å². The van der Waals surface area contributed by atoms with Crippen molar-refractivity contribution in [2.24, 2.45) is 11.7 Å². The molecule has 1 aromatic carbocycles. The van der Waals surface area contributed by atoms with Gasteiger partial charge in [-0.3, -0.25) is 25.2 Å². The van der Waals surface area contributed by atoms with Crippen LogP contribution in [-0.2, 0) is 9.59 Å². The number of rotatable bonds is 5. The molecule has 0 fully saturated rings. The predicted octanol–water partition coefficient (Wildman–Crippen LogP) is 0.398. The second kappa shape index (κ2) is 8.14. The summed E-state index contributed by atoms with van der Waals surface area (Å²) >= 11 is 0. The summed E-state index contributed by atoms with van der Waals surface area (Å²) in [5.41, 5.74) is 10.8. The van der Waals surface area contributed by atoms with Gasteiger partial charge >= 0.3 is 0 Å². The quantitative estimate of drug-likeness (QED) is 0.584. The number of carbonyl (C=O) groups is 3. The van der Waals surface area contributed by atoms with E-state index in [1.165, 1.54) is 20.1 Å². The highest BCUT2D eigenvalue weighted by molar-refractivity contribution is 6.00. The molecule has 1 aromatic rings. The summed E-state index contributed by atoms with van der Waals surface area (Å²) in [5, 5.41) is 2.57. The van der Waals surface area contributed by atoms with Crippen molar-refractivity contribution in [1.29, 1.82) is 0 Å². The van der Waals surface area contributed by atoms with E-state index >= 15 is 0 Å². The lowest BCUT2D eigenvalue weighted by Gasteiger charge is -2.16. The summed E-state index contributed by atoms with van der Waals surface area (Å²) in [6, 6.07) is 3.86. The zero-order valence-corrected chi connectivity index (χ0v) is 13.6. The SMILES string of the molecule is COc1ccc(NC(C)=O)cc1C(=O)NNC(=O)[C@@H](N)C(C)C. The number of nitrogens with two attached hydrogens (primary N) is 1. The van der Waals surface area contributed by atoms with Gasteiger partial charge in [0.05, 0.1) is 18.7 Å². The fourth-order valence-corrected chi connectivity index (χ4v) is 1.74. The van der Waals surface area contributed by atoms with Gasteiger partial charge in [-0.1, -0.05) is 13.8 Å². The molecule has 0 radical (unpaired) electrons. The second-order valence-electron chi connectivity index (χ2n) is 5.31. The van der Waals surface area contributed by atoms with Crippen LogP contribution in [0.2, 0.25) is 0 Å². The van der Waals surface area contributed by atoms with Crippen LogP contribution >= 0.6 is 0 Å². The fourth-order valence-electron chi connectivity index (χ4n) is 1.74. The first-order chi connectivity index (χ1) is 10.8. The molecule has 1 rings (SSSR count). The molecule has 126 valence electrons. The summed E-state index contributed by atoms with van der Waals surface area (Å²) < 4.78 is 5.11. The van der Waals surface area contributed by atoms with Crippen LogP contribution in [0.1, 0.15) is 31.1 Å². The molecule has 0 unspecified atom stereocenters. The number of hydrazine groups is 1. The minimum atomic E-state index is -0.733. The smallest absolute Gasteiger partial charge is 0.273 e. The second-order valence-corrected chi connectivity index (χ2v) is 5.31. The number of methoxy groups -OCH3 is 1. The van der Waals surface area contributed by atoms with Gasteiger partial charge < -0.3 is 15.8 Å². The molecule has 8 heteroatoms. The van der Waals surface area contributed by atoms with Crippen molar-refractivity contribution in [2.75, 3.05) is 12.4 Å². The first-order valence-corrected chi connectivity index (χ1v) is 7.07. The largest absolute Gasteiger partial charge is 0.496 e. The highest BCUT2D eigenvalue weighted by atomic mass is 16.5. The Balaban J connectivity index is 2.85. The maximum absolute atomic E-state index is 12.2. The van der Waals surface area contributed by atoms with Gasteiger partial charge in [-0.25, -0.2) is 0 Å². The van der Waals surface area contributed by atoms with Crippen LogP contribution in [0, 0.1) is 5.92 Å². The number of amides is 3. The average Bonchev–Trinajstić information content (AvgIpc) is 2.50. The number of benzene rings is 1. The first-order valence-electron chi connectivity index (χ1n) is 7.07. The first kappa shape index (κ1) is 18.4. The minimum Gasteiger partial charge on any atom is -0.496 e. The summed E-state index contributed by atoms with van der Waals surface area (Å²) in [6.45, 7) is 4.95. The molecule has 0 heterocycles. The van der Waals surface area contributed by atoms with Crippen molar-refractivity contribution >= 4 is 23.4 Å². The van der Waals surface area contributed by atoms with Gasteiger partial charge in [0, 0.05) is 12.6 Å². The van der Waals surface area contributed by atoms with Crippen molar-refractivity contribution in [3.05, 3.63) is 23.8 Å². The van der Waals surface area contributed by atoms with Crippen LogP contribution in [-0.4, -0.2) is 30.9 Å². The third-order valence-electron chi connectivity index (χ3n) is 3.08. The van der Waals surface area contributed by atoms with Crippen molar-refractivity contribution in [2.45, 2.75) is 26.8 Å². The Hall–Kier alpha value is -2.61. The molecule has 8 nitrogen and oxygen atoms in total. The number of hydrogen-bond acceptors (Lipinski definition) is 5. The van der Waals surface area contributed by atoms with Gasteiger partial charge in [-0.2, -0.15) is 0 Å². The lowest BCUT2D eigenvalue weighted by Crippen LogP contribution is -2.51. The Kier molecular flexibility index (Phi) is 6.52. The molecule has 0 saturated carbocycles. The molecule has 0 bridgehead atoms. The molecule has 0 spiro atoms. The van der Waals surface area contributed by atoms with Gasteiger partial charge in [0.2, 0.25) is 5.91 Å². The van der Waals surface area contributed by atoms with Crippen molar-refractivity contribution < 1.29 is 19.1 Å². The molecule has 5 N–H and O–H groups in total. The van der Waals surface area contributed by atoms with Crippen LogP contribution in [0.25, 0.3) is 0 Å². The zero-order chi connectivity index (χ0) is 17.6. The molecule has 0 saturated heterocycles. The summed E-state index contributed by atoms with van der Waals surface area (Å²) in [4.78, 5) is 35.0. The lowest BCUT2D eigenvalue weighted by molar-refractivity contribution is -0.124. The third kappa shape index (κ3) is 5.26. The van der Waals surface area contributed by atoms with Crippen molar-refractivity contribution in [3.8, 4) is 5.75 Å². The molecule has 0 aromatic heterocycles. The number of ether oxygens (including phenoxy) is 1. The zero-order valence-electron chi connectivity index (χ0n) is 13.6. The molecule has 0 aliphatic rings. The average molecular weight is 322 g/mol. The van der Waals surface area contributed by atoms with E-state index in [0.29, 0.717) is 11.4 Å². The molecular formula is C15H22N4O4. The molecule has 23 heavy (non-hydrogen) atoms. The lowest BCUT2D eigenvalue weighted by atomic mass is 10.1. The summed E-state index contributed by atoms with van der Waals surface area (Å²) in [6.07, 6.45) is 0. The number of carbonyl (C=O) groups excluding carboxylic acids is 3. The van der Waals surface area contributed by atoms with Crippen molar-refractivity contribution in [1.82, 2.24) is 10.9 Å². The van der Waals surface area contributed by atoms with E-state index in [-0.39, 0.29) is 17.4 Å². The van der Waals surface area contributed by atoms with Gasteiger partial charge in [-0.05, 0) is 24.1 Å². The molecule has 0 aliphatic heterocycles. The maximum Gasteiger partial charge on any atom is 0.273 e. The van der Waals surface area contributed by atoms with Gasteiger partial charge in [0.15, 0.2) is 0 Å². The van der Waals surface area contributed by atoms with E-state index < -0.39 is 17.9 Å². The van der Waals surface area contributed by atoms with E-state index in [2.05, 4.69) is 16.2 Å². The highest BCUT2D eigenvalue weighted by Gasteiger charge is 2.19. The number of anilines is 1. The normalized spacial score (nSPS) is 11.6. The van der Waals surface area contributed by atoms with Crippen LogP contribution in [0.3, 0.4) is 0 Å². The summed E-state index contributed by atoms with van der Waals surface area (Å²) in [7, 11) is 1.41. The Morgan fingerprint density at radius 2 is 1.83 bits per heavy atom. The minimum absolute atomic E-state index is 0.0652. The maximum atomic E-state index is 12.2. The topological polar surface area (TPSA) is 123 Å². The highest BCUT2D eigenvalue weighted by Crippen LogP contribution is 2.22. The molecule has 1 atom stereocenters. The van der Waals surface area contributed by atoms with Crippen LogP contribution in [0.4, 0.5) is 5.69 Å². The fraction of sp³-hybridized carbons (Fsp3) is 0.400. The Labute approximate surface area is 134 Å². The van der Waals surface area contributed by atoms with E-state index in [1.54, 1.807) is 26.0 Å². The monoisotopic (exact) mass is 322 g/mol. The molecule has 0 aliphatic carbocycles. The molecule has 3 amide bonds. The number of nitrogens with one attached hydrogen (secondary N) is 3. The van der Waals surface area contributed by atoms with E-state index in [9.17, 15) is 14.4 Å². The Morgan fingerprint density at radius 3 is 2.35 bits per heavy atom. The predicted molar refractivity (Wildman–Crippen MR) is 85.7 cm³/mol. The van der Waals surface area contributed by atoms with Crippen LogP contribution in [0.5, 0.6) is 5.75 Å². The molecular weight excluding hydrogens is 300 g/mol. The van der Waals surface area contributed by atoms with E-state index in [1.807, 2.05) is 0 Å². The third-order valence-corrected chi connectivity index (χ3v) is 3.08. The van der Waals surface area contributed by atoms with Crippen LogP contribution in [0.15, 0.2) is 18.2 Å². The number of hydrogen-bond donors (Lipinski definition) is 4. The van der Waals surface area contributed by atoms with Gasteiger partial charge in [-0.15, -0.1) is 0 Å². The summed E-state index contributed by atoms with van der Waals surface area (Å²) in [5.74, 6) is -1.11. The standard InChI is InChI=1S/C15H22N4O4/c1-8(2)13(16)15(22)19-18-14(21)11-7-10(17-9(3)20)5-6-12(11)23-4/h5-8,13H,16H2,1-4H3,(H,17,20)(H,18,21)(H,19,22)/t13-/m0/s1. The van der Waals surface area contributed by atoms with E-state index in [4.69, 9.17) is 10.5 Å². The Morgan fingerprint density at radius 1 is 1.17 bits per heavy atom. The van der Waals surface area contributed by atoms with Crippen molar-refractivity contribution in [3.63, 3.8) is 0 Å². The Bertz CT molecular complexity index is 601.